The molecule has 2 N–H and O–H groups in total. The lowest BCUT2D eigenvalue weighted by molar-refractivity contribution is 0.0697. The van der Waals surface area contributed by atoms with E-state index >= 15 is 0 Å². The normalized spacial score (nSPS) is 10.7. The van der Waals surface area contributed by atoms with Gasteiger partial charge in [0.2, 0.25) is 0 Å². The molecule has 2 rings (SSSR count). The van der Waals surface area contributed by atoms with Crippen molar-refractivity contribution in [2.24, 2.45) is 0 Å². The van der Waals surface area contributed by atoms with Crippen LogP contribution in [0.5, 0.6) is 5.75 Å². The average Bonchev–Trinajstić information content (AvgIpc) is 2.70. The number of ether oxygens (including phenoxy) is 1. The third-order valence-corrected chi connectivity index (χ3v) is 4.64. The van der Waals surface area contributed by atoms with Crippen molar-refractivity contribution in [1.82, 2.24) is 0 Å². The molecule has 0 aromatic heterocycles. The second kappa shape index (κ2) is 12.1. The number of carboxylic acids is 1. The van der Waals surface area contributed by atoms with E-state index in [1.54, 1.807) is 12.1 Å². The molecular formula is C23H30O4. The van der Waals surface area contributed by atoms with Crippen LogP contribution in [0, 0.1) is 0 Å². The highest BCUT2D eigenvalue weighted by atomic mass is 16.5. The SMILES string of the molecule is O=C(O)c1ccc(-c2ccc(OCCCCCCCCCCO)cc2)cc1. The summed E-state index contributed by atoms with van der Waals surface area (Å²) < 4.78 is 5.80. The summed E-state index contributed by atoms with van der Waals surface area (Å²) in [5.41, 5.74) is 2.33. The zero-order valence-corrected chi connectivity index (χ0v) is 15.9. The Morgan fingerprint density at radius 1 is 0.704 bits per heavy atom. The van der Waals surface area contributed by atoms with E-state index in [2.05, 4.69) is 0 Å². The van der Waals surface area contributed by atoms with E-state index < -0.39 is 5.97 Å². The highest BCUT2D eigenvalue weighted by molar-refractivity contribution is 5.88. The summed E-state index contributed by atoms with van der Waals surface area (Å²) in [5.74, 6) is -0.0445. The maximum absolute atomic E-state index is 10.9. The predicted octanol–water partition coefficient (Wildman–Crippen LogP) is 5.54. The standard InChI is InChI=1S/C23H30O4/c24-17-7-5-3-1-2-4-6-8-18-27-22-15-13-20(14-16-22)19-9-11-21(12-10-19)23(25)26/h9-16,24H,1-8,17-18H2,(H,25,26). The molecule has 4 nitrogen and oxygen atoms in total. The Morgan fingerprint density at radius 3 is 1.70 bits per heavy atom. The molecular weight excluding hydrogens is 340 g/mol. The minimum absolute atomic E-state index is 0.295. The first-order valence-corrected chi connectivity index (χ1v) is 9.88. The molecule has 0 saturated heterocycles. The van der Waals surface area contributed by atoms with Crippen LogP contribution in [0.1, 0.15) is 61.7 Å². The fourth-order valence-corrected chi connectivity index (χ4v) is 3.01. The van der Waals surface area contributed by atoms with Gasteiger partial charge < -0.3 is 14.9 Å². The topological polar surface area (TPSA) is 66.8 Å². The van der Waals surface area contributed by atoms with Gasteiger partial charge in [0.05, 0.1) is 12.2 Å². The Bertz CT molecular complexity index is 662. The fourth-order valence-electron chi connectivity index (χ4n) is 3.01. The zero-order chi connectivity index (χ0) is 19.3. The van der Waals surface area contributed by atoms with E-state index in [9.17, 15) is 4.79 Å². The van der Waals surface area contributed by atoms with Gasteiger partial charge in [-0.15, -0.1) is 0 Å². The Labute approximate surface area is 161 Å². The molecule has 146 valence electrons. The summed E-state index contributed by atoms with van der Waals surface area (Å²) in [4.78, 5) is 10.9. The van der Waals surface area contributed by atoms with Gasteiger partial charge >= 0.3 is 5.97 Å². The first-order valence-electron chi connectivity index (χ1n) is 9.88. The molecule has 2 aromatic carbocycles. The van der Waals surface area contributed by atoms with E-state index in [4.69, 9.17) is 14.9 Å². The second-order valence-electron chi connectivity index (χ2n) is 6.81. The zero-order valence-electron chi connectivity index (χ0n) is 15.9. The van der Waals surface area contributed by atoms with Crippen molar-refractivity contribution in [2.45, 2.75) is 51.4 Å². The molecule has 0 amide bonds. The minimum atomic E-state index is -0.910. The fraction of sp³-hybridized carbons (Fsp3) is 0.435. The van der Waals surface area contributed by atoms with Crippen molar-refractivity contribution >= 4 is 5.97 Å². The molecule has 2 aromatic rings. The molecule has 27 heavy (non-hydrogen) atoms. The van der Waals surface area contributed by atoms with E-state index in [-0.39, 0.29) is 0 Å². The molecule has 0 aliphatic heterocycles. The van der Waals surface area contributed by atoms with Crippen LogP contribution < -0.4 is 4.74 Å². The minimum Gasteiger partial charge on any atom is -0.494 e. The molecule has 0 saturated carbocycles. The monoisotopic (exact) mass is 370 g/mol. The van der Waals surface area contributed by atoms with Crippen molar-refractivity contribution in [3.05, 3.63) is 54.1 Å². The number of aliphatic hydroxyl groups excluding tert-OH is 1. The number of benzene rings is 2. The molecule has 0 aliphatic rings. The van der Waals surface area contributed by atoms with Gasteiger partial charge in [-0.3, -0.25) is 0 Å². The Morgan fingerprint density at radius 2 is 1.19 bits per heavy atom. The van der Waals surface area contributed by atoms with Gasteiger partial charge in [-0.2, -0.15) is 0 Å². The van der Waals surface area contributed by atoms with E-state index in [0.29, 0.717) is 12.2 Å². The van der Waals surface area contributed by atoms with Crippen LogP contribution in [0.2, 0.25) is 0 Å². The van der Waals surface area contributed by atoms with Crippen LogP contribution in [-0.4, -0.2) is 29.4 Å². The number of rotatable bonds is 13. The van der Waals surface area contributed by atoms with Gasteiger partial charge in [0.15, 0.2) is 0 Å². The highest BCUT2D eigenvalue weighted by Gasteiger charge is 2.03. The summed E-state index contributed by atoms with van der Waals surface area (Å²) >= 11 is 0. The van der Waals surface area contributed by atoms with Crippen molar-refractivity contribution in [3.63, 3.8) is 0 Å². The van der Waals surface area contributed by atoms with Crippen molar-refractivity contribution < 1.29 is 19.7 Å². The molecule has 0 heterocycles. The number of carboxylic acid groups (broad SMARTS) is 1. The van der Waals surface area contributed by atoms with E-state index in [1.807, 2.05) is 36.4 Å². The van der Waals surface area contributed by atoms with Crippen molar-refractivity contribution in [1.29, 1.82) is 0 Å². The molecule has 0 spiro atoms. The van der Waals surface area contributed by atoms with Crippen LogP contribution in [0.15, 0.2) is 48.5 Å². The van der Waals surface area contributed by atoms with Gasteiger partial charge in [0.25, 0.3) is 0 Å². The van der Waals surface area contributed by atoms with Gasteiger partial charge in [-0.05, 0) is 48.2 Å². The molecule has 0 atom stereocenters. The average molecular weight is 370 g/mol. The highest BCUT2D eigenvalue weighted by Crippen LogP contribution is 2.23. The summed E-state index contributed by atoms with van der Waals surface area (Å²) in [7, 11) is 0. The number of carbonyl (C=O) groups is 1. The number of hydrogen-bond donors (Lipinski definition) is 2. The van der Waals surface area contributed by atoms with Crippen LogP contribution in [0.4, 0.5) is 0 Å². The summed E-state index contributed by atoms with van der Waals surface area (Å²) in [5, 5.41) is 17.7. The van der Waals surface area contributed by atoms with Gasteiger partial charge in [-0.25, -0.2) is 4.79 Å². The summed E-state index contributed by atoms with van der Waals surface area (Å²) in [6.45, 7) is 1.05. The number of aliphatic hydroxyl groups is 1. The van der Waals surface area contributed by atoms with Crippen LogP contribution in [0.3, 0.4) is 0 Å². The first-order chi connectivity index (χ1) is 13.2. The third kappa shape index (κ3) is 7.83. The van der Waals surface area contributed by atoms with Gasteiger partial charge in [-0.1, -0.05) is 62.8 Å². The molecule has 4 heteroatoms. The molecule has 0 unspecified atom stereocenters. The Balaban J connectivity index is 1.63. The van der Waals surface area contributed by atoms with Crippen LogP contribution >= 0.6 is 0 Å². The quantitative estimate of drug-likeness (QED) is 0.454. The predicted molar refractivity (Wildman–Crippen MR) is 108 cm³/mol. The number of hydrogen-bond acceptors (Lipinski definition) is 3. The Kier molecular flexibility index (Phi) is 9.42. The largest absolute Gasteiger partial charge is 0.494 e. The lowest BCUT2D eigenvalue weighted by Gasteiger charge is -2.08. The number of aromatic carboxylic acids is 1. The van der Waals surface area contributed by atoms with Crippen molar-refractivity contribution in [2.75, 3.05) is 13.2 Å². The first kappa shape index (κ1) is 21.0. The van der Waals surface area contributed by atoms with Crippen molar-refractivity contribution in [3.8, 4) is 16.9 Å². The summed E-state index contributed by atoms with van der Waals surface area (Å²) in [6.07, 6.45) is 9.31. The Hall–Kier alpha value is -2.33. The van der Waals surface area contributed by atoms with E-state index in [0.717, 1.165) is 42.7 Å². The molecule has 0 fully saturated rings. The van der Waals surface area contributed by atoms with Gasteiger partial charge in [0, 0.05) is 6.61 Å². The maximum Gasteiger partial charge on any atom is 0.335 e. The third-order valence-electron chi connectivity index (χ3n) is 4.64. The summed E-state index contributed by atoms with van der Waals surface area (Å²) in [6, 6.07) is 14.8. The lowest BCUT2D eigenvalue weighted by atomic mass is 10.0. The maximum atomic E-state index is 10.9. The molecule has 0 aliphatic carbocycles. The van der Waals surface area contributed by atoms with E-state index in [1.165, 1.54) is 32.1 Å². The van der Waals surface area contributed by atoms with Crippen LogP contribution in [0.25, 0.3) is 11.1 Å². The van der Waals surface area contributed by atoms with Gasteiger partial charge in [0.1, 0.15) is 5.75 Å². The second-order valence-corrected chi connectivity index (χ2v) is 6.81. The number of unbranched alkanes of at least 4 members (excludes halogenated alkanes) is 7. The lowest BCUT2D eigenvalue weighted by Crippen LogP contribution is -1.97. The molecule has 0 bridgehead atoms. The smallest absolute Gasteiger partial charge is 0.335 e. The van der Waals surface area contributed by atoms with Crippen LogP contribution in [-0.2, 0) is 0 Å². The molecule has 0 radical (unpaired) electrons.